The van der Waals surface area contributed by atoms with Crippen LogP contribution in [0.25, 0.3) is 17.4 Å². The highest BCUT2D eigenvalue weighted by Crippen LogP contribution is 2.33. The van der Waals surface area contributed by atoms with E-state index < -0.39 is 16.9 Å². The summed E-state index contributed by atoms with van der Waals surface area (Å²) in [6.45, 7) is 0. The highest BCUT2D eigenvalue weighted by atomic mass is 79.9. The number of carbonyl (C=O) groups is 2. The predicted molar refractivity (Wildman–Crippen MR) is 114 cm³/mol. The lowest BCUT2D eigenvalue weighted by atomic mass is 10.1. The number of carbonyl (C=O) groups excluding carboxylic acids is 2. The number of furan rings is 1. The first kappa shape index (κ1) is 19.9. The SMILES string of the molecule is O=C1N/C(=C\c2ccc(-c3ccc([N+](=O)[O-])cc3Br)o2)C(=O)N1c1ccc(Cl)cc1. The van der Waals surface area contributed by atoms with Crippen LogP contribution in [0.3, 0.4) is 0 Å². The second-order valence-corrected chi connectivity index (χ2v) is 7.52. The molecule has 1 aliphatic rings. The number of halogens is 2. The predicted octanol–water partition coefficient (Wildman–Crippen LogP) is 5.37. The number of urea groups is 1. The van der Waals surface area contributed by atoms with Gasteiger partial charge in [0, 0.05) is 33.3 Å². The molecule has 1 saturated heterocycles. The maximum Gasteiger partial charge on any atom is 0.333 e. The molecule has 2 aromatic carbocycles. The number of hydrogen-bond donors (Lipinski definition) is 1. The Morgan fingerprint density at radius 2 is 1.83 bits per heavy atom. The molecule has 1 aromatic heterocycles. The molecule has 150 valence electrons. The monoisotopic (exact) mass is 487 g/mol. The van der Waals surface area contributed by atoms with E-state index in [4.69, 9.17) is 16.0 Å². The Kier molecular flexibility index (Phi) is 5.15. The Balaban J connectivity index is 1.60. The molecule has 1 aliphatic heterocycles. The maximum absolute atomic E-state index is 12.7. The molecule has 8 nitrogen and oxygen atoms in total. The molecule has 4 rings (SSSR count). The van der Waals surface area contributed by atoms with Crippen molar-refractivity contribution in [3.05, 3.63) is 85.7 Å². The van der Waals surface area contributed by atoms with Crippen LogP contribution in [0.15, 0.2) is 69.2 Å². The molecular formula is C20H11BrClN3O5. The molecule has 1 fully saturated rings. The number of non-ortho nitro benzene ring substituents is 1. The summed E-state index contributed by atoms with van der Waals surface area (Å²) in [6, 6.07) is 13.3. The van der Waals surface area contributed by atoms with Gasteiger partial charge < -0.3 is 9.73 Å². The van der Waals surface area contributed by atoms with Gasteiger partial charge in [-0.3, -0.25) is 14.9 Å². The first-order chi connectivity index (χ1) is 14.3. The molecule has 0 aliphatic carbocycles. The molecule has 0 atom stereocenters. The molecular weight excluding hydrogens is 478 g/mol. The fourth-order valence-electron chi connectivity index (χ4n) is 2.89. The summed E-state index contributed by atoms with van der Waals surface area (Å²) < 4.78 is 6.23. The maximum atomic E-state index is 12.7. The smallest absolute Gasteiger partial charge is 0.333 e. The van der Waals surface area contributed by atoms with Gasteiger partial charge in [-0.25, -0.2) is 9.69 Å². The largest absolute Gasteiger partial charge is 0.457 e. The average Bonchev–Trinajstić information content (AvgIpc) is 3.27. The summed E-state index contributed by atoms with van der Waals surface area (Å²) in [6.07, 6.45) is 1.42. The second-order valence-electron chi connectivity index (χ2n) is 6.23. The van der Waals surface area contributed by atoms with Crippen molar-refractivity contribution in [1.82, 2.24) is 5.32 Å². The van der Waals surface area contributed by atoms with Crippen LogP contribution >= 0.6 is 27.5 Å². The highest BCUT2D eigenvalue weighted by molar-refractivity contribution is 9.10. The lowest BCUT2D eigenvalue weighted by Gasteiger charge is -2.11. The molecule has 2 heterocycles. The van der Waals surface area contributed by atoms with Crippen LogP contribution < -0.4 is 10.2 Å². The third kappa shape index (κ3) is 3.72. The molecule has 1 N–H and O–H groups in total. The van der Waals surface area contributed by atoms with E-state index in [-0.39, 0.29) is 11.4 Å². The molecule has 3 amide bonds. The van der Waals surface area contributed by atoms with Gasteiger partial charge in [0.25, 0.3) is 11.6 Å². The number of imide groups is 1. The van der Waals surface area contributed by atoms with Gasteiger partial charge in [0.2, 0.25) is 0 Å². The van der Waals surface area contributed by atoms with Gasteiger partial charge >= 0.3 is 6.03 Å². The van der Waals surface area contributed by atoms with Crippen molar-refractivity contribution in [2.75, 3.05) is 4.90 Å². The van der Waals surface area contributed by atoms with Crippen LogP contribution in [0.4, 0.5) is 16.2 Å². The molecule has 30 heavy (non-hydrogen) atoms. The Hall–Kier alpha value is -3.43. The summed E-state index contributed by atoms with van der Waals surface area (Å²) in [5, 5.41) is 13.9. The molecule has 0 radical (unpaired) electrons. The van der Waals surface area contributed by atoms with E-state index in [1.807, 2.05) is 0 Å². The Labute approximate surface area is 183 Å². The number of nitro groups is 1. The topological polar surface area (TPSA) is 106 Å². The fourth-order valence-corrected chi connectivity index (χ4v) is 3.58. The van der Waals surface area contributed by atoms with E-state index in [1.165, 1.54) is 18.2 Å². The van der Waals surface area contributed by atoms with E-state index in [0.29, 0.717) is 32.3 Å². The van der Waals surface area contributed by atoms with Crippen LogP contribution in [0.1, 0.15) is 5.76 Å². The zero-order valence-electron chi connectivity index (χ0n) is 15.0. The van der Waals surface area contributed by atoms with Gasteiger partial charge in [-0.2, -0.15) is 0 Å². The molecule has 0 saturated carbocycles. The van der Waals surface area contributed by atoms with Crippen LogP contribution in [-0.4, -0.2) is 16.9 Å². The third-order valence-electron chi connectivity index (χ3n) is 4.31. The van der Waals surface area contributed by atoms with Crippen LogP contribution in [0, 0.1) is 10.1 Å². The summed E-state index contributed by atoms with van der Waals surface area (Å²) in [4.78, 5) is 36.3. The first-order valence-electron chi connectivity index (χ1n) is 8.50. The summed E-state index contributed by atoms with van der Waals surface area (Å²) in [5.74, 6) is 0.239. The molecule has 0 spiro atoms. The van der Waals surface area contributed by atoms with E-state index >= 15 is 0 Å². The minimum absolute atomic E-state index is 0.0543. The normalized spacial score (nSPS) is 15.0. The average molecular weight is 489 g/mol. The van der Waals surface area contributed by atoms with Gasteiger partial charge in [0.15, 0.2) is 0 Å². The van der Waals surface area contributed by atoms with E-state index in [2.05, 4.69) is 21.2 Å². The van der Waals surface area contributed by atoms with Crippen LogP contribution in [0.2, 0.25) is 5.02 Å². The standard InChI is InChI=1S/C20H11BrClN3O5/c21-16-9-13(25(28)29)5-7-15(16)18-8-6-14(30-18)10-17-19(26)24(20(27)23-17)12-3-1-11(22)2-4-12/h1-10H,(H,23,27)/b17-10-. The summed E-state index contributed by atoms with van der Waals surface area (Å²) in [5.41, 5.74) is 0.995. The number of amides is 3. The van der Waals surface area contributed by atoms with Crippen molar-refractivity contribution in [2.24, 2.45) is 0 Å². The van der Waals surface area contributed by atoms with E-state index in [9.17, 15) is 19.7 Å². The number of nitrogens with zero attached hydrogens (tertiary/aromatic N) is 2. The van der Waals surface area contributed by atoms with Gasteiger partial charge in [-0.15, -0.1) is 0 Å². The lowest BCUT2D eigenvalue weighted by Crippen LogP contribution is -2.30. The van der Waals surface area contributed by atoms with Crippen LogP contribution in [0.5, 0.6) is 0 Å². The minimum Gasteiger partial charge on any atom is -0.457 e. The molecule has 0 unspecified atom stereocenters. The van der Waals surface area contributed by atoms with Gasteiger partial charge in [0.1, 0.15) is 17.2 Å². The third-order valence-corrected chi connectivity index (χ3v) is 5.21. The Bertz CT molecular complexity index is 1220. The fraction of sp³-hybridized carbons (Fsp3) is 0. The lowest BCUT2D eigenvalue weighted by molar-refractivity contribution is -0.384. The van der Waals surface area contributed by atoms with Crippen molar-refractivity contribution in [3.63, 3.8) is 0 Å². The zero-order valence-corrected chi connectivity index (χ0v) is 17.3. The van der Waals surface area contributed by atoms with Crippen molar-refractivity contribution < 1.29 is 18.9 Å². The Morgan fingerprint density at radius 1 is 1.10 bits per heavy atom. The van der Waals surface area contributed by atoms with Crippen molar-refractivity contribution in [1.29, 1.82) is 0 Å². The number of benzene rings is 2. The van der Waals surface area contributed by atoms with Crippen molar-refractivity contribution in [3.8, 4) is 11.3 Å². The van der Waals surface area contributed by atoms with Crippen molar-refractivity contribution >= 4 is 56.9 Å². The molecule has 10 heteroatoms. The summed E-state index contributed by atoms with van der Waals surface area (Å²) in [7, 11) is 0. The second kappa shape index (κ2) is 7.77. The Morgan fingerprint density at radius 3 is 2.50 bits per heavy atom. The number of anilines is 1. The molecule has 3 aromatic rings. The van der Waals surface area contributed by atoms with E-state index in [0.717, 1.165) is 4.90 Å². The summed E-state index contributed by atoms with van der Waals surface area (Å²) >= 11 is 9.15. The van der Waals surface area contributed by atoms with E-state index in [1.54, 1.807) is 42.5 Å². The van der Waals surface area contributed by atoms with Crippen LogP contribution in [-0.2, 0) is 4.79 Å². The van der Waals surface area contributed by atoms with Gasteiger partial charge in [0.05, 0.1) is 10.6 Å². The zero-order chi connectivity index (χ0) is 21.4. The number of nitro benzene ring substituents is 1. The first-order valence-corrected chi connectivity index (χ1v) is 9.67. The quantitative estimate of drug-likeness (QED) is 0.230. The number of hydrogen-bond acceptors (Lipinski definition) is 5. The van der Waals surface area contributed by atoms with Gasteiger partial charge in [-0.1, -0.05) is 11.6 Å². The van der Waals surface area contributed by atoms with Crippen molar-refractivity contribution in [2.45, 2.75) is 0 Å². The number of nitrogens with one attached hydrogen (secondary N) is 1. The number of rotatable bonds is 4. The minimum atomic E-state index is -0.585. The molecule has 0 bridgehead atoms. The van der Waals surface area contributed by atoms with Gasteiger partial charge in [-0.05, 0) is 58.4 Å². The highest BCUT2D eigenvalue weighted by Gasteiger charge is 2.35.